The molecular formula is C15H10BrNO2. The highest BCUT2D eigenvalue weighted by atomic mass is 79.9. The van der Waals surface area contributed by atoms with Crippen molar-refractivity contribution in [1.82, 2.24) is 0 Å². The molecule has 2 aromatic rings. The van der Waals surface area contributed by atoms with Gasteiger partial charge in [-0.05, 0) is 27.9 Å². The van der Waals surface area contributed by atoms with Crippen LogP contribution in [0.5, 0.6) is 0 Å². The van der Waals surface area contributed by atoms with E-state index < -0.39 is 0 Å². The first-order chi connectivity index (χ1) is 9.20. The Morgan fingerprint density at radius 3 is 2.47 bits per heavy atom. The summed E-state index contributed by atoms with van der Waals surface area (Å²) >= 11 is 3.12. The van der Waals surface area contributed by atoms with Gasteiger partial charge < -0.3 is 0 Å². The number of amides is 2. The number of hydrogen-bond donors (Lipinski definition) is 0. The van der Waals surface area contributed by atoms with Crippen LogP contribution < -0.4 is 4.90 Å². The number of carbonyl (C=O) groups is 2. The van der Waals surface area contributed by atoms with E-state index in [9.17, 15) is 9.59 Å². The smallest absolute Gasteiger partial charge is 0.262 e. The van der Waals surface area contributed by atoms with Crippen LogP contribution in [0.4, 0.5) is 5.69 Å². The zero-order valence-electron chi connectivity index (χ0n) is 9.97. The maximum absolute atomic E-state index is 12.1. The number of fused-ring (bicyclic) bond motifs is 1. The molecule has 0 bridgehead atoms. The van der Waals surface area contributed by atoms with Gasteiger partial charge in [0.2, 0.25) is 5.91 Å². The molecule has 1 saturated heterocycles. The van der Waals surface area contributed by atoms with Crippen molar-refractivity contribution in [2.24, 2.45) is 0 Å². The molecule has 1 heterocycles. The van der Waals surface area contributed by atoms with E-state index in [1.807, 2.05) is 36.4 Å². The summed E-state index contributed by atoms with van der Waals surface area (Å²) in [6.45, 7) is 0. The summed E-state index contributed by atoms with van der Waals surface area (Å²) in [4.78, 5) is 26.8. The largest absolute Gasteiger partial charge is 0.274 e. The van der Waals surface area contributed by atoms with Crippen molar-refractivity contribution < 1.29 is 9.59 Å². The highest BCUT2D eigenvalue weighted by Gasteiger charge is 2.34. The van der Waals surface area contributed by atoms with Crippen LogP contribution in [0.15, 0.2) is 53.0 Å². The van der Waals surface area contributed by atoms with E-state index in [0.29, 0.717) is 11.3 Å². The summed E-state index contributed by atoms with van der Waals surface area (Å²) in [7, 11) is 0. The molecule has 0 radical (unpaired) electrons. The lowest BCUT2D eigenvalue weighted by Gasteiger charge is -2.14. The molecule has 1 aliphatic heterocycles. The molecule has 0 atom stereocenters. The van der Waals surface area contributed by atoms with Gasteiger partial charge in [-0.15, -0.1) is 0 Å². The quantitative estimate of drug-likeness (QED) is 0.597. The van der Waals surface area contributed by atoms with Crippen molar-refractivity contribution in [3.63, 3.8) is 0 Å². The number of anilines is 1. The molecule has 0 spiro atoms. The maximum atomic E-state index is 12.1. The van der Waals surface area contributed by atoms with Crippen LogP contribution in [0.1, 0.15) is 6.42 Å². The first-order valence-corrected chi connectivity index (χ1v) is 6.77. The van der Waals surface area contributed by atoms with Gasteiger partial charge in [0.15, 0.2) is 0 Å². The summed E-state index contributed by atoms with van der Waals surface area (Å²) in [6.07, 6.45) is 0.150. The Hall–Kier alpha value is -1.94. The Labute approximate surface area is 118 Å². The second kappa shape index (κ2) is 4.63. The van der Waals surface area contributed by atoms with Crippen LogP contribution in [0.3, 0.4) is 0 Å². The van der Waals surface area contributed by atoms with E-state index in [2.05, 4.69) is 15.9 Å². The molecule has 1 aliphatic rings. The SMILES string of the molecule is O=C1C/C(=C/Br)C(=O)N1c1ccc2ccccc2c1. The monoisotopic (exact) mass is 315 g/mol. The van der Waals surface area contributed by atoms with Gasteiger partial charge in [-0.2, -0.15) is 0 Å². The third-order valence-corrected chi connectivity index (χ3v) is 3.74. The average molecular weight is 316 g/mol. The van der Waals surface area contributed by atoms with Gasteiger partial charge in [0.25, 0.3) is 5.91 Å². The lowest BCUT2D eigenvalue weighted by molar-refractivity contribution is -0.120. The van der Waals surface area contributed by atoms with Gasteiger partial charge in [0, 0.05) is 5.57 Å². The van der Waals surface area contributed by atoms with Gasteiger partial charge in [-0.1, -0.05) is 46.3 Å². The second-order valence-electron chi connectivity index (χ2n) is 4.38. The van der Waals surface area contributed by atoms with E-state index in [1.54, 1.807) is 6.07 Å². The summed E-state index contributed by atoms with van der Waals surface area (Å²) < 4.78 is 0. The standard InChI is InChI=1S/C15H10BrNO2/c16-9-12-8-14(18)17(15(12)19)13-6-5-10-3-1-2-4-11(10)7-13/h1-7,9H,8H2/b12-9-. The van der Waals surface area contributed by atoms with Crippen LogP contribution in [0, 0.1) is 0 Å². The molecule has 0 N–H and O–H groups in total. The number of carbonyl (C=O) groups excluding carboxylic acids is 2. The molecule has 2 aromatic carbocycles. The van der Waals surface area contributed by atoms with Crippen molar-refractivity contribution in [3.05, 3.63) is 53.0 Å². The number of imide groups is 1. The Morgan fingerprint density at radius 1 is 1.05 bits per heavy atom. The third kappa shape index (κ3) is 1.98. The molecule has 3 rings (SSSR count). The fourth-order valence-electron chi connectivity index (χ4n) is 2.24. The Kier molecular flexibility index (Phi) is 2.95. The minimum absolute atomic E-state index is 0.150. The number of halogens is 1. The van der Waals surface area contributed by atoms with Crippen molar-refractivity contribution in [2.45, 2.75) is 6.42 Å². The molecule has 2 amide bonds. The Balaban J connectivity index is 2.09. The highest BCUT2D eigenvalue weighted by molar-refractivity contribution is 9.11. The topological polar surface area (TPSA) is 37.4 Å². The van der Waals surface area contributed by atoms with Crippen LogP contribution in [-0.2, 0) is 9.59 Å². The molecule has 94 valence electrons. The summed E-state index contributed by atoms with van der Waals surface area (Å²) in [6, 6.07) is 13.4. The predicted octanol–water partition coefficient (Wildman–Crippen LogP) is 3.38. The zero-order valence-corrected chi connectivity index (χ0v) is 11.6. The first-order valence-electron chi connectivity index (χ1n) is 5.86. The molecule has 0 aromatic heterocycles. The minimum Gasteiger partial charge on any atom is -0.274 e. The maximum Gasteiger partial charge on any atom is 0.262 e. The fraction of sp³-hybridized carbons (Fsp3) is 0.0667. The number of nitrogens with zero attached hydrogens (tertiary/aromatic N) is 1. The lowest BCUT2D eigenvalue weighted by atomic mass is 10.1. The van der Waals surface area contributed by atoms with E-state index in [0.717, 1.165) is 10.8 Å². The number of hydrogen-bond acceptors (Lipinski definition) is 2. The van der Waals surface area contributed by atoms with Gasteiger partial charge in [-0.25, -0.2) is 4.90 Å². The molecule has 4 heteroatoms. The predicted molar refractivity (Wildman–Crippen MR) is 78.1 cm³/mol. The van der Waals surface area contributed by atoms with Crippen molar-refractivity contribution >= 4 is 44.2 Å². The molecule has 1 fully saturated rings. The number of rotatable bonds is 1. The third-order valence-electron chi connectivity index (χ3n) is 3.19. The molecule has 3 nitrogen and oxygen atoms in total. The minimum atomic E-state index is -0.253. The Morgan fingerprint density at radius 2 is 1.79 bits per heavy atom. The lowest BCUT2D eigenvalue weighted by Crippen LogP contribution is -2.28. The molecular weight excluding hydrogens is 306 g/mol. The average Bonchev–Trinajstić information content (AvgIpc) is 2.73. The van der Waals surface area contributed by atoms with Crippen molar-refractivity contribution in [2.75, 3.05) is 4.90 Å². The van der Waals surface area contributed by atoms with E-state index in [4.69, 9.17) is 0 Å². The van der Waals surface area contributed by atoms with Crippen molar-refractivity contribution in [1.29, 1.82) is 0 Å². The highest BCUT2D eigenvalue weighted by Crippen LogP contribution is 2.29. The molecule has 0 saturated carbocycles. The van der Waals surface area contributed by atoms with Crippen LogP contribution in [0.25, 0.3) is 10.8 Å². The summed E-state index contributed by atoms with van der Waals surface area (Å²) in [5.74, 6) is -0.442. The van der Waals surface area contributed by atoms with Gasteiger partial charge in [-0.3, -0.25) is 9.59 Å². The fourth-order valence-corrected chi connectivity index (χ4v) is 2.59. The summed E-state index contributed by atoms with van der Waals surface area (Å²) in [5, 5.41) is 2.10. The van der Waals surface area contributed by atoms with E-state index in [1.165, 1.54) is 9.89 Å². The van der Waals surface area contributed by atoms with Gasteiger partial charge >= 0.3 is 0 Å². The first kappa shape index (κ1) is 12.1. The normalized spacial score (nSPS) is 17.7. The van der Waals surface area contributed by atoms with Crippen LogP contribution >= 0.6 is 15.9 Å². The van der Waals surface area contributed by atoms with Gasteiger partial charge in [0.05, 0.1) is 12.1 Å². The molecule has 0 aliphatic carbocycles. The van der Waals surface area contributed by atoms with Crippen molar-refractivity contribution in [3.8, 4) is 0 Å². The zero-order chi connectivity index (χ0) is 13.4. The van der Waals surface area contributed by atoms with Crippen LogP contribution in [0.2, 0.25) is 0 Å². The summed E-state index contributed by atoms with van der Waals surface area (Å²) in [5.41, 5.74) is 1.11. The van der Waals surface area contributed by atoms with E-state index in [-0.39, 0.29) is 18.2 Å². The Bertz CT molecular complexity index is 721. The molecule has 19 heavy (non-hydrogen) atoms. The van der Waals surface area contributed by atoms with E-state index >= 15 is 0 Å². The van der Waals surface area contributed by atoms with Crippen LogP contribution in [-0.4, -0.2) is 11.8 Å². The second-order valence-corrected chi connectivity index (χ2v) is 4.83. The number of benzene rings is 2. The molecule has 0 unspecified atom stereocenters. The van der Waals surface area contributed by atoms with Gasteiger partial charge in [0.1, 0.15) is 0 Å².